The first kappa shape index (κ1) is 12.6. The van der Waals surface area contributed by atoms with Gasteiger partial charge in [-0.25, -0.2) is 0 Å². The van der Waals surface area contributed by atoms with E-state index in [2.05, 4.69) is 60.8 Å². The van der Waals surface area contributed by atoms with Gasteiger partial charge in [-0.2, -0.15) is 0 Å². The highest BCUT2D eigenvalue weighted by Gasteiger charge is 2.21. The lowest BCUT2D eigenvalue weighted by Crippen LogP contribution is -2.15. The van der Waals surface area contributed by atoms with Gasteiger partial charge in [-0.05, 0) is 42.2 Å². The standard InChI is InChI=1S/C17H19NS/c1-2-13-6-5-8-15(10-13)18-12-16-11-14-7-3-4-9-17(14)19-16/h3-10,16,18H,2,11-12H2,1H3. The highest BCUT2D eigenvalue weighted by Crippen LogP contribution is 2.36. The summed E-state index contributed by atoms with van der Waals surface area (Å²) in [5, 5.41) is 4.23. The topological polar surface area (TPSA) is 12.0 Å². The predicted molar refractivity (Wildman–Crippen MR) is 84.1 cm³/mol. The number of benzene rings is 2. The van der Waals surface area contributed by atoms with Gasteiger partial charge in [0.15, 0.2) is 0 Å². The van der Waals surface area contributed by atoms with Crippen molar-refractivity contribution in [3.63, 3.8) is 0 Å². The first-order valence-electron chi connectivity index (χ1n) is 6.92. The maximum Gasteiger partial charge on any atom is 0.0343 e. The lowest BCUT2D eigenvalue weighted by Gasteiger charge is -2.12. The molecule has 0 aliphatic carbocycles. The van der Waals surface area contributed by atoms with E-state index in [0.717, 1.165) is 13.0 Å². The highest BCUT2D eigenvalue weighted by molar-refractivity contribution is 8.00. The van der Waals surface area contributed by atoms with E-state index < -0.39 is 0 Å². The number of anilines is 1. The minimum atomic E-state index is 0.655. The quantitative estimate of drug-likeness (QED) is 0.884. The molecule has 1 atom stereocenters. The Bertz CT molecular complexity index is 540. The third kappa shape index (κ3) is 2.95. The summed E-state index contributed by atoms with van der Waals surface area (Å²) in [6.45, 7) is 3.23. The number of fused-ring (bicyclic) bond motifs is 1. The fourth-order valence-corrected chi connectivity index (χ4v) is 3.75. The van der Waals surface area contributed by atoms with Gasteiger partial charge < -0.3 is 5.32 Å². The summed E-state index contributed by atoms with van der Waals surface area (Å²) >= 11 is 2.00. The lowest BCUT2D eigenvalue weighted by atomic mass is 10.1. The molecule has 19 heavy (non-hydrogen) atoms. The molecule has 0 fully saturated rings. The SMILES string of the molecule is CCc1cccc(NCC2Cc3ccccc3S2)c1. The number of hydrogen-bond acceptors (Lipinski definition) is 2. The first-order chi connectivity index (χ1) is 9.35. The molecule has 0 bridgehead atoms. The van der Waals surface area contributed by atoms with Crippen LogP contribution in [0.1, 0.15) is 18.1 Å². The van der Waals surface area contributed by atoms with Crippen molar-refractivity contribution in [2.45, 2.75) is 29.9 Å². The number of rotatable bonds is 4. The second kappa shape index (κ2) is 5.70. The summed E-state index contributed by atoms with van der Waals surface area (Å²) in [6.07, 6.45) is 2.28. The van der Waals surface area contributed by atoms with Crippen molar-refractivity contribution >= 4 is 17.4 Å². The third-order valence-electron chi connectivity index (χ3n) is 3.58. The van der Waals surface area contributed by atoms with Gasteiger partial charge in [0.05, 0.1) is 0 Å². The van der Waals surface area contributed by atoms with Gasteiger partial charge in [0, 0.05) is 22.4 Å². The van der Waals surface area contributed by atoms with E-state index in [1.54, 1.807) is 0 Å². The molecular weight excluding hydrogens is 250 g/mol. The summed E-state index contributed by atoms with van der Waals surface area (Å²) in [5.74, 6) is 0. The Morgan fingerprint density at radius 1 is 1.16 bits per heavy atom. The van der Waals surface area contributed by atoms with Crippen LogP contribution >= 0.6 is 11.8 Å². The molecule has 1 heterocycles. The van der Waals surface area contributed by atoms with Crippen LogP contribution in [0.15, 0.2) is 53.4 Å². The molecule has 3 rings (SSSR count). The molecule has 0 aromatic heterocycles. The van der Waals surface area contributed by atoms with Crippen LogP contribution in [0.4, 0.5) is 5.69 Å². The molecule has 0 spiro atoms. The first-order valence-corrected chi connectivity index (χ1v) is 7.80. The zero-order valence-corrected chi connectivity index (χ0v) is 12.0. The van der Waals surface area contributed by atoms with Gasteiger partial charge >= 0.3 is 0 Å². The zero-order valence-electron chi connectivity index (χ0n) is 11.2. The molecule has 1 nitrogen and oxygen atoms in total. The van der Waals surface area contributed by atoms with E-state index in [-0.39, 0.29) is 0 Å². The van der Waals surface area contributed by atoms with Crippen molar-refractivity contribution in [2.24, 2.45) is 0 Å². The van der Waals surface area contributed by atoms with Crippen LogP contribution < -0.4 is 5.32 Å². The number of thioether (sulfide) groups is 1. The van der Waals surface area contributed by atoms with Crippen molar-refractivity contribution < 1.29 is 0 Å². The maximum absolute atomic E-state index is 3.58. The number of nitrogens with one attached hydrogen (secondary N) is 1. The molecule has 2 aromatic rings. The molecule has 1 N–H and O–H groups in total. The second-order valence-corrected chi connectivity index (χ2v) is 6.33. The Morgan fingerprint density at radius 3 is 2.89 bits per heavy atom. The van der Waals surface area contributed by atoms with Crippen LogP contribution in [0.3, 0.4) is 0 Å². The Hall–Kier alpha value is -1.41. The van der Waals surface area contributed by atoms with Crippen molar-refractivity contribution in [1.82, 2.24) is 0 Å². The smallest absolute Gasteiger partial charge is 0.0343 e. The predicted octanol–water partition coefficient (Wildman–Crippen LogP) is 4.38. The maximum atomic E-state index is 3.58. The summed E-state index contributed by atoms with van der Waals surface area (Å²) in [7, 11) is 0. The molecule has 98 valence electrons. The fourth-order valence-electron chi connectivity index (χ4n) is 2.50. The average Bonchev–Trinajstić information content (AvgIpc) is 2.88. The average molecular weight is 269 g/mol. The molecule has 1 aliphatic heterocycles. The molecule has 2 heteroatoms. The van der Waals surface area contributed by atoms with Crippen molar-refractivity contribution in [3.05, 3.63) is 59.7 Å². The number of aryl methyl sites for hydroxylation is 1. The molecule has 1 unspecified atom stereocenters. The van der Waals surface area contributed by atoms with Gasteiger partial charge in [-0.3, -0.25) is 0 Å². The Labute approximate surface area is 119 Å². The lowest BCUT2D eigenvalue weighted by molar-refractivity contribution is 0.899. The van der Waals surface area contributed by atoms with Crippen LogP contribution in [0.5, 0.6) is 0 Å². The highest BCUT2D eigenvalue weighted by atomic mass is 32.2. The van der Waals surface area contributed by atoms with Crippen LogP contribution in [0, 0.1) is 0 Å². The van der Waals surface area contributed by atoms with E-state index in [1.165, 1.54) is 28.1 Å². The fraction of sp³-hybridized carbons (Fsp3) is 0.294. The van der Waals surface area contributed by atoms with Gasteiger partial charge in [-0.15, -0.1) is 11.8 Å². The molecule has 1 aliphatic rings. The largest absolute Gasteiger partial charge is 0.384 e. The van der Waals surface area contributed by atoms with Crippen LogP contribution in [-0.4, -0.2) is 11.8 Å². The molecule has 0 saturated carbocycles. The van der Waals surface area contributed by atoms with E-state index in [1.807, 2.05) is 11.8 Å². The van der Waals surface area contributed by atoms with Crippen LogP contribution in [0.25, 0.3) is 0 Å². The molecule has 0 saturated heterocycles. The molecule has 2 aromatic carbocycles. The van der Waals surface area contributed by atoms with E-state index >= 15 is 0 Å². The minimum Gasteiger partial charge on any atom is -0.384 e. The summed E-state index contributed by atoms with van der Waals surface area (Å²) in [5.41, 5.74) is 4.14. The van der Waals surface area contributed by atoms with E-state index in [4.69, 9.17) is 0 Å². The van der Waals surface area contributed by atoms with Gasteiger partial charge in [0.2, 0.25) is 0 Å². The Kier molecular flexibility index (Phi) is 3.79. The number of hydrogen-bond donors (Lipinski definition) is 1. The normalized spacial score (nSPS) is 17.2. The van der Waals surface area contributed by atoms with Gasteiger partial charge in [-0.1, -0.05) is 37.3 Å². The Morgan fingerprint density at radius 2 is 2.05 bits per heavy atom. The van der Waals surface area contributed by atoms with E-state index in [9.17, 15) is 0 Å². The monoisotopic (exact) mass is 269 g/mol. The minimum absolute atomic E-state index is 0.655. The third-order valence-corrected chi connectivity index (χ3v) is 4.90. The summed E-state index contributed by atoms with van der Waals surface area (Å²) in [6, 6.07) is 17.5. The van der Waals surface area contributed by atoms with Crippen LogP contribution in [-0.2, 0) is 12.8 Å². The van der Waals surface area contributed by atoms with Gasteiger partial charge in [0.25, 0.3) is 0 Å². The summed E-state index contributed by atoms with van der Waals surface area (Å²) < 4.78 is 0. The molecule has 0 amide bonds. The zero-order chi connectivity index (χ0) is 13.1. The van der Waals surface area contributed by atoms with Gasteiger partial charge in [0.1, 0.15) is 0 Å². The molecule has 0 radical (unpaired) electrons. The van der Waals surface area contributed by atoms with Crippen molar-refractivity contribution in [1.29, 1.82) is 0 Å². The Balaban J connectivity index is 1.59. The van der Waals surface area contributed by atoms with Crippen molar-refractivity contribution in [3.8, 4) is 0 Å². The molecular formula is C17H19NS. The van der Waals surface area contributed by atoms with Crippen molar-refractivity contribution in [2.75, 3.05) is 11.9 Å². The van der Waals surface area contributed by atoms with Crippen LogP contribution in [0.2, 0.25) is 0 Å². The van der Waals surface area contributed by atoms with E-state index in [0.29, 0.717) is 5.25 Å². The second-order valence-electron chi connectivity index (χ2n) is 4.99. The summed E-state index contributed by atoms with van der Waals surface area (Å²) in [4.78, 5) is 1.46.